The number of amides is 1. The number of carbonyl (C=O) groups excluding carboxylic acids is 2. The van der Waals surface area contributed by atoms with E-state index in [2.05, 4.69) is 13.8 Å². The number of carbonyl (C=O) groups is 2. The van der Waals surface area contributed by atoms with Gasteiger partial charge in [0.15, 0.2) is 0 Å². The summed E-state index contributed by atoms with van der Waals surface area (Å²) in [7, 11) is 3.94. The van der Waals surface area contributed by atoms with Gasteiger partial charge in [0.25, 0.3) is 11.7 Å². The summed E-state index contributed by atoms with van der Waals surface area (Å²) in [4.78, 5) is 30.1. The first kappa shape index (κ1) is 24.8. The number of benzene rings is 2. The topological polar surface area (TPSA) is 79.3 Å². The van der Waals surface area contributed by atoms with Crippen molar-refractivity contribution in [2.24, 2.45) is 5.92 Å². The molecule has 0 aliphatic carbocycles. The molecule has 0 bridgehead atoms. The van der Waals surface area contributed by atoms with E-state index in [1.807, 2.05) is 49.3 Å². The van der Waals surface area contributed by atoms with Gasteiger partial charge in [0.2, 0.25) is 0 Å². The van der Waals surface area contributed by atoms with Gasteiger partial charge in [-0.15, -0.1) is 0 Å². The summed E-state index contributed by atoms with van der Waals surface area (Å²) in [5.41, 5.74) is 2.34. The fourth-order valence-corrected chi connectivity index (χ4v) is 4.54. The quantitative estimate of drug-likeness (QED) is 0.333. The Morgan fingerprint density at radius 3 is 2.74 bits per heavy atom. The van der Waals surface area contributed by atoms with Gasteiger partial charge >= 0.3 is 0 Å². The molecule has 1 fully saturated rings. The Kier molecular flexibility index (Phi) is 7.45. The van der Waals surface area contributed by atoms with E-state index in [1.54, 1.807) is 17.0 Å². The number of hydrogen-bond donors (Lipinski definition) is 1. The van der Waals surface area contributed by atoms with Crippen LogP contribution in [0.15, 0.2) is 48.0 Å². The van der Waals surface area contributed by atoms with E-state index in [9.17, 15) is 14.7 Å². The minimum Gasteiger partial charge on any atom is -0.507 e. The van der Waals surface area contributed by atoms with Gasteiger partial charge in [0, 0.05) is 18.5 Å². The molecular weight excluding hydrogens is 444 g/mol. The van der Waals surface area contributed by atoms with E-state index in [4.69, 9.17) is 9.47 Å². The summed E-state index contributed by atoms with van der Waals surface area (Å²) in [6.07, 6.45) is 1.45. The van der Waals surface area contributed by atoms with Crippen LogP contribution in [0.1, 0.15) is 43.0 Å². The standard InChI is InChI=1S/C28H34N2O5/c1-18(2)17-35-22-8-5-7-20(16-22)25-24(27(32)28(33)30(25)13-6-12-29(3)4)26(31)21-9-10-23-19(15-21)11-14-34-23/h5,7-10,15-16,18,25,31H,6,11-14,17H2,1-4H3/b26-24-. The van der Waals surface area contributed by atoms with Gasteiger partial charge in [-0.05, 0) is 74.4 Å². The monoisotopic (exact) mass is 478 g/mol. The number of rotatable bonds is 9. The van der Waals surface area contributed by atoms with Crippen LogP contribution in [0, 0.1) is 5.92 Å². The highest BCUT2D eigenvalue weighted by molar-refractivity contribution is 6.46. The number of aliphatic hydroxyl groups excluding tert-OH is 1. The average Bonchev–Trinajstić information content (AvgIpc) is 3.40. The lowest BCUT2D eigenvalue weighted by atomic mass is 9.94. The van der Waals surface area contributed by atoms with Gasteiger partial charge in [0.1, 0.15) is 17.3 Å². The lowest BCUT2D eigenvalue weighted by molar-refractivity contribution is -0.139. The summed E-state index contributed by atoms with van der Waals surface area (Å²) < 4.78 is 11.5. The fourth-order valence-electron chi connectivity index (χ4n) is 4.54. The van der Waals surface area contributed by atoms with Gasteiger partial charge in [-0.25, -0.2) is 0 Å². The molecule has 1 saturated heterocycles. The average molecular weight is 479 g/mol. The molecule has 2 aliphatic rings. The minimum absolute atomic E-state index is 0.111. The summed E-state index contributed by atoms with van der Waals surface area (Å²) in [6, 6.07) is 12.2. The van der Waals surface area contributed by atoms with Crippen molar-refractivity contribution in [3.63, 3.8) is 0 Å². The molecule has 0 aromatic heterocycles. The van der Waals surface area contributed by atoms with Crippen LogP contribution in [0.4, 0.5) is 0 Å². The molecule has 2 aromatic rings. The first-order chi connectivity index (χ1) is 16.8. The first-order valence-corrected chi connectivity index (χ1v) is 12.2. The second-order valence-electron chi connectivity index (χ2n) is 9.85. The van der Waals surface area contributed by atoms with Crippen molar-refractivity contribution in [2.75, 3.05) is 40.4 Å². The van der Waals surface area contributed by atoms with Crippen molar-refractivity contribution in [3.05, 3.63) is 64.7 Å². The summed E-state index contributed by atoms with van der Waals surface area (Å²) in [5, 5.41) is 11.3. The second-order valence-corrected chi connectivity index (χ2v) is 9.85. The molecule has 1 amide bonds. The Balaban J connectivity index is 1.76. The highest BCUT2D eigenvalue weighted by Crippen LogP contribution is 2.41. The van der Waals surface area contributed by atoms with Crippen LogP contribution in [0.2, 0.25) is 0 Å². The van der Waals surface area contributed by atoms with Crippen molar-refractivity contribution in [2.45, 2.75) is 32.7 Å². The zero-order valence-electron chi connectivity index (χ0n) is 20.9. The Morgan fingerprint density at radius 2 is 2.00 bits per heavy atom. The van der Waals surface area contributed by atoms with Crippen LogP contribution in [0.25, 0.3) is 5.76 Å². The van der Waals surface area contributed by atoms with Gasteiger partial charge in [-0.3, -0.25) is 9.59 Å². The number of nitrogens with zero attached hydrogens (tertiary/aromatic N) is 2. The Morgan fingerprint density at radius 1 is 1.20 bits per heavy atom. The van der Waals surface area contributed by atoms with Crippen molar-refractivity contribution in [3.8, 4) is 11.5 Å². The van der Waals surface area contributed by atoms with E-state index in [0.717, 1.165) is 29.8 Å². The number of likely N-dealkylation sites (tertiary alicyclic amines) is 1. The van der Waals surface area contributed by atoms with Gasteiger partial charge in [-0.1, -0.05) is 26.0 Å². The van der Waals surface area contributed by atoms with Crippen molar-refractivity contribution < 1.29 is 24.2 Å². The fraction of sp³-hybridized carbons (Fsp3) is 0.429. The maximum absolute atomic E-state index is 13.3. The molecule has 1 N–H and O–H groups in total. The van der Waals surface area contributed by atoms with Crippen LogP contribution in [-0.2, 0) is 16.0 Å². The van der Waals surface area contributed by atoms with Crippen LogP contribution in [0.5, 0.6) is 11.5 Å². The third-order valence-corrected chi connectivity index (χ3v) is 6.26. The first-order valence-electron chi connectivity index (χ1n) is 12.2. The molecule has 0 saturated carbocycles. The van der Waals surface area contributed by atoms with Gasteiger partial charge in [0.05, 0.1) is 24.8 Å². The third-order valence-electron chi connectivity index (χ3n) is 6.26. The number of ketones is 1. The second kappa shape index (κ2) is 10.5. The highest BCUT2D eigenvalue weighted by atomic mass is 16.5. The Hall–Kier alpha value is -3.32. The molecule has 7 heteroatoms. The molecule has 2 aliphatic heterocycles. The smallest absolute Gasteiger partial charge is 0.295 e. The Bertz CT molecular complexity index is 1140. The lowest BCUT2D eigenvalue weighted by Gasteiger charge is -2.26. The summed E-state index contributed by atoms with van der Waals surface area (Å²) in [6.45, 7) is 6.48. The predicted octanol–water partition coefficient (Wildman–Crippen LogP) is 4.03. The summed E-state index contributed by atoms with van der Waals surface area (Å²) >= 11 is 0. The van der Waals surface area contributed by atoms with Crippen LogP contribution in [0.3, 0.4) is 0 Å². The molecule has 4 rings (SSSR count). The van der Waals surface area contributed by atoms with Crippen molar-refractivity contribution in [1.29, 1.82) is 0 Å². The summed E-state index contributed by atoms with van der Waals surface area (Å²) in [5.74, 6) is 0.406. The van der Waals surface area contributed by atoms with E-state index in [0.29, 0.717) is 43.4 Å². The highest BCUT2D eigenvalue weighted by Gasteiger charge is 2.46. The van der Waals surface area contributed by atoms with Gasteiger partial charge < -0.3 is 24.4 Å². The van der Waals surface area contributed by atoms with Gasteiger partial charge in [-0.2, -0.15) is 0 Å². The molecule has 35 heavy (non-hydrogen) atoms. The number of Topliss-reactive ketones (excluding diaryl/α,β-unsaturated/α-hetero) is 1. The number of aliphatic hydroxyl groups is 1. The van der Waals surface area contributed by atoms with Crippen molar-refractivity contribution in [1.82, 2.24) is 9.80 Å². The van der Waals surface area contributed by atoms with Crippen LogP contribution in [-0.4, -0.2) is 67.0 Å². The Labute approximate surface area is 206 Å². The number of ether oxygens (including phenoxy) is 2. The largest absolute Gasteiger partial charge is 0.507 e. The molecule has 2 aromatic carbocycles. The normalized spacial score (nSPS) is 18.9. The number of fused-ring (bicyclic) bond motifs is 1. The molecule has 0 radical (unpaired) electrons. The lowest BCUT2D eigenvalue weighted by Crippen LogP contribution is -2.32. The minimum atomic E-state index is -0.690. The molecule has 7 nitrogen and oxygen atoms in total. The maximum Gasteiger partial charge on any atom is 0.295 e. The van der Waals surface area contributed by atoms with Crippen LogP contribution < -0.4 is 9.47 Å². The number of hydrogen-bond acceptors (Lipinski definition) is 6. The third kappa shape index (κ3) is 5.35. The molecule has 0 spiro atoms. The predicted molar refractivity (Wildman–Crippen MR) is 135 cm³/mol. The van der Waals surface area contributed by atoms with E-state index in [1.165, 1.54) is 0 Å². The van der Waals surface area contributed by atoms with Crippen molar-refractivity contribution >= 4 is 17.4 Å². The molecule has 1 atom stereocenters. The molecule has 2 heterocycles. The molecule has 186 valence electrons. The maximum atomic E-state index is 13.3. The zero-order chi connectivity index (χ0) is 25.1. The zero-order valence-corrected chi connectivity index (χ0v) is 20.9. The molecular formula is C28H34N2O5. The van der Waals surface area contributed by atoms with E-state index >= 15 is 0 Å². The van der Waals surface area contributed by atoms with E-state index in [-0.39, 0.29) is 11.3 Å². The van der Waals surface area contributed by atoms with E-state index < -0.39 is 17.7 Å². The van der Waals surface area contributed by atoms with Crippen LogP contribution >= 0.6 is 0 Å². The SMILES string of the molecule is CC(C)COc1cccc(C2/C(=C(/O)c3ccc4c(c3)CCO4)C(=O)C(=O)N2CCCN(C)C)c1. The molecule has 1 unspecified atom stereocenters.